The van der Waals surface area contributed by atoms with Crippen LogP contribution in [0.1, 0.15) is 32.7 Å². The number of carbonyl (C=O) groups is 1. The highest BCUT2D eigenvalue weighted by Gasteiger charge is 2.26. The van der Waals surface area contributed by atoms with E-state index in [2.05, 4.69) is 11.4 Å². The van der Waals surface area contributed by atoms with Gasteiger partial charge in [-0.25, -0.2) is 4.68 Å². The molecule has 0 saturated carbocycles. The number of thioether (sulfide) groups is 1. The molecule has 1 amide bonds. The molecule has 1 aliphatic heterocycles. The Morgan fingerprint density at radius 2 is 2.04 bits per heavy atom. The maximum absolute atomic E-state index is 12.8. The van der Waals surface area contributed by atoms with Gasteiger partial charge in [0.05, 0.1) is 16.3 Å². The van der Waals surface area contributed by atoms with Gasteiger partial charge in [0, 0.05) is 34.8 Å². The first kappa shape index (κ1) is 18.2. The van der Waals surface area contributed by atoms with Crippen LogP contribution in [0, 0.1) is 24.0 Å². The smallest absolute Gasteiger partial charge is 0.270 e. The maximum atomic E-state index is 12.8. The molecule has 8 heteroatoms. The standard InChI is InChI=1S/C20H18N4O3S/c1-12-6-7-18(13(2)8-12)23-19(16-10-28-11-17(16)22-23)21-20(25)14-4-3-5-15(9-14)24(26)27/h3-9H,10-11H2,1-2H3,(H,21,25). The van der Waals surface area contributed by atoms with Crippen molar-refractivity contribution in [2.45, 2.75) is 25.4 Å². The Hall–Kier alpha value is -3.13. The van der Waals surface area contributed by atoms with Crippen molar-refractivity contribution in [2.24, 2.45) is 0 Å². The second kappa shape index (κ2) is 7.12. The van der Waals surface area contributed by atoms with E-state index >= 15 is 0 Å². The van der Waals surface area contributed by atoms with Crippen molar-refractivity contribution in [1.29, 1.82) is 0 Å². The van der Waals surface area contributed by atoms with E-state index < -0.39 is 10.8 Å². The molecule has 2 aromatic carbocycles. The van der Waals surface area contributed by atoms with E-state index in [0.29, 0.717) is 5.82 Å². The molecular formula is C20H18N4O3S. The number of nitrogens with one attached hydrogen (secondary N) is 1. The molecule has 1 aromatic heterocycles. The molecule has 1 N–H and O–H groups in total. The van der Waals surface area contributed by atoms with Gasteiger partial charge in [-0.15, -0.1) is 0 Å². The third-order valence-electron chi connectivity index (χ3n) is 4.68. The lowest BCUT2D eigenvalue weighted by molar-refractivity contribution is -0.384. The lowest BCUT2D eigenvalue weighted by atomic mass is 10.1. The van der Waals surface area contributed by atoms with Gasteiger partial charge in [-0.05, 0) is 31.5 Å². The van der Waals surface area contributed by atoms with Crippen molar-refractivity contribution in [1.82, 2.24) is 9.78 Å². The number of nitrogens with zero attached hydrogens (tertiary/aromatic N) is 3. The summed E-state index contributed by atoms with van der Waals surface area (Å²) in [7, 11) is 0. The Morgan fingerprint density at radius 3 is 2.79 bits per heavy atom. The van der Waals surface area contributed by atoms with Gasteiger partial charge < -0.3 is 5.32 Å². The number of aromatic nitrogens is 2. The molecule has 0 aliphatic carbocycles. The summed E-state index contributed by atoms with van der Waals surface area (Å²) in [6.45, 7) is 4.04. The molecule has 2 heterocycles. The van der Waals surface area contributed by atoms with Crippen molar-refractivity contribution in [2.75, 3.05) is 5.32 Å². The first-order chi connectivity index (χ1) is 13.4. The molecule has 0 atom stereocenters. The molecule has 28 heavy (non-hydrogen) atoms. The van der Waals surface area contributed by atoms with E-state index in [-0.39, 0.29) is 11.3 Å². The number of rotatable bonds is 4. The zero-order chi connectivity index (χ0) is 19.8. The van der Waals surface area contributed by atoms with Gasteiger partial charge in [-0.1, -0.05) is 23.8 Å². The molecule has 142 valence electrons. The number of hydrogen-bond acceptors (Lipinski definition) is 5. The van der Waals surface area contributed by atoms with Crippen LogP contribution in [0.3, 0.4) is 0 Å². The van der Waals surface area contributed by atoms with Gasteiger partial charge in [0.15, 0.2) is 0 Å². The largest absolute Gasteiger partial charge is 0.306 e. The second-order valence-corrected chi connectivity index (χ2v) is 7.72. The van der Waals surface area contributed by atoms with Gasteiger partial charge in [-0.3, -0.25) is 14.9 Å². The summed E-state index contributed by atoms with van der Waals surface area (Å²) in [4.78, 5) is 23.3. The summed E-state index contributed by atoms with van der Waals surface area (Å²) in [5.74, 6) is 1.80. The Bertz CT molecular complexity index is 1110. The van der Waals surface area contributed by atoms with E-state index in [1.54, 1.807) is 22.5 Å². The molecule has 7 nitrogen and oxygen atoms in total. The molecule has 0 spiro atoms. The summed E-state index contributed by atoms with van der Waals surface area (Å²) in [5.41, 5.74) is 5.19. The van der Waals surface area contributed by atoms with Crippen LogP contribution in [-0.4, -0.2) is 20.6 Å². The lowest BCUT2D eigenvalue weighted by Crippen LogP contribution is -2.16. The monoisotopic (exact) mass is 394 g/mol. The fourth-order valence-electron chi connectivity index (χ4n) is 3.30. The zero-order valence-electron chi connectivity index (χ0n) is 15.4. The summed E-state index contributed by atoms with van der Waals surface area (Å²) in [5, 5.41) is 18.7. The number of anilines is 1. The maximum Gasteiger partial charge on any atom is 0.270 e. The molecule has 3 aromatic rings. The van der Waals surface area contributed by atoms with Gasteiger partial charge in [0.2, 0.25) is 0 Å². The number of benzene rings is 2. The number of amides is 1. The van der Waals surface area contributed by atoms with Gasteiger partial charge in [0.25, 0.3) is 11.6 Å². The Kier molecular flexibility index (Phi) is 4.64. The van der Waals surface area contributed by atoms with E-state index in [1.165, 1.54) is 18.2 Å². The van der Waals surface area contributed by atoms with Crippen LogP contribution in [0.25, 0.3) is 5.69 Å². The van der Waals surface area contributed by atoms with Crippen LogP contribution in [0.2, 0.25) is 0 Å². The van der Waals surface area contributed by atoms with Crippen molar-refractivity contribution >= 4 is 29.2 Å². The highest BCUT2D eigenvalue weighted by molar-refractivity contribution is 7.98. The predicted molar refractivity (Wildman–Crippen MR) is 109 cm³/mol. The van der Waals surface area contributed by atoms with Crippen LogP contribution in [0.4, 0.5) is 11.5 Å². The van der Waals surface area contributed by atoms with Crippen molar-refractivity contribution in [3.63, 3.8) is 0 Å². The van der Waals surface area contributed by atoms with Crippen LogP contribution >= 0.6 is 11.8 Å². The number of nitro groups is 1. The molecule has 0 radical (unpaired) electrons. The van der Waals surface area contributed by atoms with Gasteiger partial charge in [0.1, 0.15) is 5.82 Å². The Morgan fingerprint density at radius 1 is 1.21 bits per heavy atom. The number of fused-ring (bicyclic) bond motifs is 1. The average Bonchev–Trinajstić information content (AvgIpc) is 3.24. The lowest BCUT2D eigenvalue weighted by Gasteiger charge is -2.13. The van der Waals surface area contributed by atoms with Crippen LogP contribution < -0.4 is 5.32 Å². The number of carbonyl (C=O) groups excluding carboxylic acids is 1. The summed E-state index contributed by atoms with van der Waals surface area (Å²) < 4.78 is 1.77. The van der Waals surface area contributed by atoms with Crippen molar-refractivity contribution in [3.05, 3.63) is 80.5 Å². The minimum atomic E-state index is -0.509. The number of non-ortho nitro benzene ring substituents is 1. The fourth-order valence-corrected chi connectivity index (χ4v) is 4.33. The number of aryl methyl sites for hydroxylation is 2. The molecule has 1 aliphatic rings. The summed E-state index contributed by atoms with van der Waals surface area (Å²) in [6.07, 6.45) is 0. The Balaban J connectivity index is 1.74. The highest BCUT2D eigenvalue weighted by Crippen LogP contribution is 2.36. The van der Waals surface area contributed by atoms with E-state index in [1.807, 2.05) is 26.0 Å². The summed E-state index contributed by atoms with van der Waals surface area (Å²) in [6, 6.07) is 11.8. The second-order valence-electron chi connectivity index (χ2n) is 6.73. The van der Waals surface area contributed by atoms with E-state index in [4.69, 9.17) is 5.10 Å². The molecule has 0 unspecified atom stereocenters. The molecular weight excluding hydrogens is 376 g/mol. The first-order valence-corrected chi connectivity index (χ1v) is 9.91. The fraction of sp³-hybridized carbons (Fsp3) is 0.200. The minimum Gasteiger partial charge on any atom is -0.306 e. The van der Waals surface area contributed by atoms with Gasteiger partial charge in [-0.2, -0.15) is 16.9 Å². The number of nitro benzene ring substituents is 1. The van der Waals surface area contributed by atoms with Crippen LogP contribution in [-0.2, 0) is 11.5 Å². The topological polar surface area (TPSA) is 90.1 Å². The van der Waals surface area contributed by atoms with Crippen LogP contribution in [0.5, 0.6) is 0 Å². The van der Waals surface area contributed by atoms with E-state index in [0.717, 1.165) is 39.6 Å². The minimum absolute atomic E-state index is 0.115. The molecule has 4 rings (SSSR count). The molecule has 0 saturated heterocycles. The van der Waals surface area contributed by atoms with Crippen molar-refractivity contribution < 1.29 is 9.72 Å². The predicted octanol–water partition coefficient (Wildman–Crippen LogP) is 4.40. The number of hydrogen-bond donors (Lipinski definition) is 1. The quantitative estimate of drug-likeness (QED) is 0.523. The van der Waals surface area contributed by atoms with Crippen LogP contribution in [0.15, 0.2) is 42.5 Å². The first-order valence-electron chi connectivity index (χ1n) is 8.76. The normalized spacial score (nSPS) is 12.6. The average molecular weight is 394 g/mol. The third-order valence-corrected chi connectivity index (χ3v) is 5.65. The zero-order valence-corrected chi connectivity index (χ0v) is 16.2. The molecule has 0 bridgehead atoms. The third kappa shape index (κ3) is 3.27. The van der Waals surface area contributed by atoms with E-state index in [9.17, 15) is 14.9 Å². The van der Waals surface area contributed by atoms with Gasteiger partial charge >= 0.3 is 0 Å². The Labute approximate surface area is 165 Å². The summed E-state index contributed by atoms with van der Waals surface area (Å²) >= 11 is 1.75. The van der Waals surface area contributed by atoms with Crippen molar-refractivity contribution in [3.8, 4) is 5.69 Å². The SMILES string of the molecule is Cc1ccc(-n2nc3c(c2NC(=O)c2cccc([N+](=O)[O-])c2)CSC3)c(C)c1. The molecule has 0 fully saturated rings. The highest BCUT2D eigenvalue weighted by atomic mass is 32.2.